The molecule has 14 heteroatoms. The van der Waals surface area contributed by atoms with Gasteiger partial charge in [0, 0.05) is 19.1 Å². The first kappa shape index (κ1) is 21.9. The van der Waals surface area contributed by atoms with E-state index in [4.69, 9.17) is 14.0 Å². The molecule has 1 amide bonds. The molecule has 1 fully saturated rings. The summed E-state index contributed by atoms with van der Waals surface area (Å²) < 4.78 is 45.1. The molecule has 0 aromatic heterocycles. The minimum Gasteiger partial charge on any atom is -0.463 e. The summed E-state index contributed by atoms with van der Waals surface area (Å²) in [6.45, 7) is 0.305. The number of hydrogen-bond donors (Lipinski definition) is 4. The van der Waals surface area contributed by atoms with Gasteiger partial charge in [-0.3, -0.25) is 19.5 Å². The van der Waals surface area contributed by atoms with Crippen LogP contribution in [0.3, 0.4) is 0 Å². The van der Waals surface area contributed by atoms with E-state index in [0.29, 0.717) is 0 Å². The molecule has 5 atom stereocenters. The number of aliphatic hydroxyl groups excluding tert-OH is 2. The third kappa shape index (κ3) is 5.82. The fourth-order valence-electron chi connectivity index (χ4n) is 2.49. The number of ether oxygens (including phenoxy) is 2. The second kappa shape index (κ2) is 8.76. The third-order valence-corrected chi connectivity index (χ3v) is 4.19. The van der Waals surface area contributed by atoms with Crippen molar-refractivity contribution >= 4 is 22.0 Å². The number of carbonyl (C=O) groups is 1. The van der Waals surface area contributed by atoms with Crippen LogP contribution in [0.15, 0.2) is 24.3 Å². The van der Waals surface area contributed by atoms with Crippen molar-refractivity contribution in [2.45, 2.75) is 37.6 Å². The quantitative estimate of drug-likeness (QED) is 0.233. The van der Waals surface area contributed by atoms with Crippen LogP contribution in [0.5, 0.6) is 5.75 Å². The fourth-order valence-corrected chi connectivity index (χ4v) is 2.80. The molecule has 0 bridgehead atoms. The minimum atomic E-state index is -4.83. The van der Waals surface area contributed by atoms with E-state index in [-0.39, 0.29) is 11.4 Å². The van der Waals surface area contributed by atoms with Gasteiger partial charge in [-0.1, -0.05) is 0 Å². The van der Waals surface area contributed by atoms with Gasteiger partial charge in [0.15, 0.2) is 0 Å². The number of nitrogens with one attached hydrogen (secondary N) is 1. The molecule has 28 heavy (non-hydrogen) atoms. The molecular formula is C14H18N2O11S. The Kier molecular flexibility index (Phi) is 6.87. The van der Waals surface area contributed by atoms with Crippen molar-refractivity contribution in [3.05, 3.63) is 34.4 Å². The van der Waals surface area contributed by atoms with Gasteiger partial charge in [-0.2, -0.15) is 8.42 Å². The Morgan fingerprint density at radius 3 is 2.39 bits per heavy atom. The summed E-state index contributed by atoms with van der Waals surface area (Å²) in [6.07, 6.45) is -6.19. The van der Waals surface area contributed by atoms with Crippen molar-refractivity contribution in [2.75, 3.05) is 6.61 Å². The number of benzene rings is 1. The standard InChI is InChI=1S/C14H18N2O11S/c1-7(17)15-11-13(19)12(18)10(6-25-28(22,23)24)27-14(11)26-9-4-2-8(3-5-9)16(20)21/h2-5,10-14,18-19H,6H2,1H3,(H,15,17)(H,22,23,24)/t10-,11-,12-,13-,14-/m0/s1. The molecule has 1 aliphatic rings. The predicted molar refractivity (Wildman–Crippen MR) is 89.5 cm³/mol. The number of amides is 1. The van der Waals surface area contributed by atoms with Crippen LogP contribution in [0.2, 0.25) is 0 Å². The van der Waals surface area contributed by atoms with Crippen LogP contribution in [0.4, 0.5) is 5.69 Å². The summed E-state index contributed by atoms with van der Waals surface area (Å²) in [5, 5.41) is 33.4. The zero-order valence-corrected chi connectivity index (χ0v) is 15.2. The highest BCUT2D eigenvalue weighted by Crippen LogP contribution is 2.26. The molecule has 13 nitrogen and oxygen atoms in total. The Morgan fingerprint density at radius 2 is 1.89 bits per heavy atom. The number of nitro groups is 1. The van der Waals surface area contributed by atoms with Crippen molar-refractivity contribution in [1.82, 2.24) is 5.32 Å². The number of hydrogen-bond acceptors (Lipinski definition) is 10. The van der Waals surface area contributed by atoms with Gasteiger partial charge >= 0.3 is 10.4 Å². The van der Waals surface area contributed by atoms with Gasteiger partial charge in [-0.05, 0) is 12.1 Å². The fraction of sp³-hybridized carbons (Fsp3) is 0.500. The van der Waals surface area contributed by atoms with Crippen LogP contribution in [0.25, 0.3) is 0 Å². The first-order valence-corrected chi connectivity index (χ1v) is 9.16. The summed E-state index contributed by atoms with van der Waals surface area (Å²) in [6, 6.07) is 3.52. The zero-order valence-electron chi connectivity index (χ0n) is 14.4. The van der Waals surface area contributed by atoms with E-state index >= 15 is 0 Å². The van der Waals surface area contributed by atoms with E-state index in [1.807, 2.05) is 0 Å². The average Bonchev–Trinajstić information content (AvgIpc) is 2.59. The maximum Gasteiger partial charge on any atom is 0.397 e. The summed E-state index contributed by atoms with van der Waals surface area (Å²) in [7, 11) is -4.83. The average molecular weight is 422 g/mol. The van der Waals surface area contributed by atoms with Crippen LogP contribution >= 0.6 is 0 Å². The van der Waals surface area contributed by atoms with Crippen LogP contribution in [0.1, 0.15) is 6.92 Å². The van der Waals surface area contributed by atoms with Crippen molar-refractivity contribution in [2.24, 2.45) is 0 Å². The predicted octanol–water partition coefficient (Wildman–Crippen LogP) is -1.26. The smallest absolute Gasteiger partial charge is 0.397 e. The zero-order chi connectivity index (χ0) is 21.1. The lowest BCUT2D eigenvalue weighted by atomic mass is 9.97. The van der Waals surface area contributed by atoms with E-state index in [1.165, 1.54) is 12.1 Å². The second-order valence-electron chi connectivity index (χ2n) is 5.83. The molecule has 1 aromatic carbocycles. The number of non-ortho nitro benzene ring substituents is 1. The number of carbonyl (C=O) groups excluding carboxylic acids is 1. The number of aliphatic hydroxyl groups is 2. The third-order valence-electron chi connectivity index (χ3n) is 3.75. The van der Waals surface area contributed by atoms with Crippen molar-refractivity contribution in [1.29, 1.82) is 0 Å². The molecule has 0 unspecified atom stereocenters. The van der Waals surface area contributed by atoms with E-state index in [2.05, 4.69) is 9.50 Å². The highest BCUT2D eigenvalue weighted by Gasteiger charge is 2.46. The van der Waals surface area contributed by atoms with Crippen LogP contribution < -0.4 is 10.1 Å². The van der Waals surface area contributed by atoms with Gasteiger partial charge in [0.2, 0.25) is 12.2 Å². The lowest BCUT2D eigenvalue weighted by Crippen LogP contribution is -2.65. The van der Waals surface area contributed by atoms with E-state index in [0.717, 1.165) is 19.1 Å². The number of nitrogens with zero attached hydrogens (tertiary/aromatic N) is 1. The van der Waals surface area contributed by atoms with Crippen molar-refractivity contribution < 1.29 is 46.6 Å². The molecule has 1 saturated heterocycles. The Labute approximate surface area is 158 Å². The lowest BCUT2D eigenvalue weighted by Gasteiger charge is -2.42. The van der Waals surface area contributed by atoms with E-state index < -0.39 is 58.5 Å². The maximum atomic E-state index is 11.4. The maximum absolute atomic E-state index is 11.4. The molecule has 4 N–H and O–H groups in total. The molecule has 0 radical (unpaired) electrons. The van der Waals surface area contributed by atoms with Gasteiger partial charge in [-0.25, -0.2) is 4.18 Å². The first-order chi connectivity index (χ1) is 13.0. The second-order valence-corrected chi connectivity index (χ2v) is 6.92. The summed E-state index contributed by atoms with van der Waals surface area (Å²) in [5.74, 6) is -0.506. The monoisotopic (exact) mass is 422 g/mol. The van der Waals surface area contributed by atoms with Gasteiger partial charge in [0.25, 0.3) is 5.69 Å². The molecule has 156 valence electrons. The SMILES string of the molecule is CC(=O)N[C@@H]1[C@@H](Oc2ccc([N+](=O)[O-])cc2)O[C@@H](COS(=O)(=O)O)[C@H](O)[C@H]1O. The summed E-state index contributed by atoms with van der Waals surface area (Å²) in [4.78, 5) is 21.5. The Hall–Kier alpha value is -2.36. The van der Waals surface area contributed by atoms with Gasteiger partial charge in [-0.15, -0.1) is 0 Å². The number of rotatable bonds is 7. The topological polar surface area (TPSA) is 195 Å². The van der Waals surface area contributed by atoms with Gasteiger partial charge in [0.05, 0.1) is 11.5 Å². The highest BCUT2D eigenvalue weighted by atomic mass is 32.3. The minimum absolute atomic E-state index is 0.0731. The van der Waals surface area contributed by atoms with Crippen LogP contribution in [-0.2, 0) is 24.1 Å². The molecular weight excluding hydrogens is 404 g/mol. The number of nitro benzene ring substituents is 1. The van der Waals surface area contributed by atoms with Gasteiger partial charge < -0.3 is 25.0 Å². The van der Waals surface area contributed by atoms with Crippen LogP contribution in [0, 0.1) is 10.1 Å². The van der Waals surface area contributed by atoms with Crippen molar-refractivity contribution in [3.8, 4) is 5.75 Å². The lowest BCUT2D eigenvalue weighted by molar-refractivity contribution is -0.384. The summed E-state index contributed by atoms with van der Waals surface area (Å²) >= 11 is 0. The Balaban J connectivity index is 2.21. The molecule has 1 aliphatic heterocycles. The molecule has 0 saturated carbocycles. The molecule has 0 spiro atoms. The van der Waals surface area contributed by atoms with Gasteiger partial charge in [0.1, 0.15) is 30.1 Å². The van der Waals surface area contributed by atoms with E-state index in [9.17, 15) is 33.5 Å². The molecule has 1 heterocycles. The van der Waals surface area contributed by atoms with E-state index in [1.54, 1.807) is 0 Å². The van der Waals surface area contributed by atoms with Crippen LogP contribution in [-0.4, -0.2) is 71.3 Å². The molecule has 1 aromatic rings. The Bertz CT molecular complexity index is 813. The normalized spacial score (nSPS) is 27.8. The first-order valence-electron chi connectivity index (χ1n) is 7.79. The highest BCUT2D eigenvalue weighted by molar-refractivity contribution is 7.80. The summed E-state index contributed by atoms with van der Waals surface area (Å²) in [5.41, 5.74) is -0.204. The molecule has 2 rings (SSSR count). The Morgan fingerprint density at radius 1 is 1.29 bits per heavy atom. The molecule has 0 aliphatic carbocycles. The van der Waals surface area contributed by atoms with Crippen molar-refractivity contribution in [3.63, 3.8) is 0 Å². The largest absolute Gasteiger partial charge is 0.463 e.